The summed E-state index contributed by atoms with van der Waals surface area (Å²) < 4.78 is 54.6. The van der Waals surface area contributed by atoms with Crippen LogP contribution in [0.4, 0.5) is 13.2 Å². The summed E-state index contributed by atoms with van der Waals surface area (Å²) in [7, 11) is 1.57. The first kappa shape index (κ1) is 24.7. The van der Waals surface area contributed by atoms with E-state index in [0.717, 1.165) is 5.39 Å². The van der Waals surface area contributed by atoms with Gasteiger partial charge in [-0.05, 0) is 36.2 Å². The van der Waals surface area contributed by atoms with E-state index < -0.39 is 12.2 Å². The van der Waals surface area contributed by atoms with Gasteiger partial charge in [0, 0.05) is 37.8 Å². The minimum atomic E-state index is -4.47. The van der Waals surface area contributed by atoms with Gasteiger partial charge in [0.05, 0.1) is 12.1 Å². The first-order valence-electron chi connectivity index (χ1n) is 11.4. The van der Waals surface area contributed by atoms with Gasteiger partial charge in [0.2, 0.25) is 0 Å². The molecule has 0 bridgehead atoms. The van der Waals surface area contributed by atoms with Gasteiger partial charge in [0.25, 0.3) is 0 Å². The normalized spacial score (nSPS) is 17.8. The summed E-state index contributed by atoms with van der Waals surface area (Å²) in [6.45, 7) is 1.17. The highest BCUT2D eigenvalue weighted by Crippen LogP contribution is 2.40. The molecule has 5 rings (SSSR count). The van der Waals surface area contributed by atoms with E-state index in [4.69, 9.17) is 26.8 Å². The maximum Gasteiger partial charge on any atom is 0.408 e. The second-order valence-electron chi connectivity index (χ2n) is 8.69. The summed E-state index contributed by atoms with van der Waals surface area (Å²) >= 11 is 6.56. The lowest BCUT2D eigenvalue weighted by molar-refractivity contribution is -0.183. The van der Waals surface area contributed by atoms with Crippen molar-refractivity contribution in [3.05, 3.63) is 53.2 Å². The predicted octanol–water partition coefficient (Wildman–Crippen LogP) is 4.26. The van der Waals surface area contributed by atoms with Crippen LogP contribution in [0, 0.1) is 0 Å². The predicted molar refractivity (Wildman–Crippen MR) is 129 cm³/mol. The first-order chi connectivity index (χ1) is 17.3. The number of nitrogens with zero attached hydrogens (tertiary/aromatic N) is 5. The van der Waals surface area contributed by atoms with Crippen LogP contribution in [0.25, 0.3) is 28.1 Å². The number of methoxy groups -OCH3 is 1. The Labute approximate surface area is 209 Å². The molecule has 0 amide bonds. The van der Waals surface area contributed by atoms with Gasteiger partial charge >= 0.3 is 6.18 Å². The molecule has 0 saturated carbocycles. The van der Waals surface area contributed by atoms with Crippen LogP contribution >= 0.6 is 11.6 Å². The zero-order chi connectivity index (χ0) is 25.4. The van der Waals surface area contributed by atoms with Crippen molar-refractivity contribution in [1.82, 2.24) is 24.5 Å². The van der Waals surface area contributed by atoms with Crippen molar-refractivity contribution in [2.45, 2.75) is 24.7 Å². The molecule has 0 radical (unpaired) electrons. The van der Waals surface area contributed by atoms with Crippen molar-refractivity contribution >= 4 is 28.2 Å². The summed E-state index contributed by atoms with van der Waals surface area (Å²) in [4.78, 5) is 6.02. The Balaban J connectivity index is 1.56. The maximum atomic E-state index is 14.1. The largest absolute Gasteiger partial charge is 0.490 e. The molecular weight excluding hydrogens is 497 g/mol. The molecule has 36 heavy (non-hydrogen) atoms. The summed E-state index contributed by atoms with van der Waals surface area (Å²) in [5.41, 5.74) is 7.27. The number of aromatic nitrogens is 4. The smallest absolute Gasteiger partial charge is 0.408 e. The van der Waals surface area contributed by atoms with Gasteiger partial charge in [-0.15, -0.1) is 10.2 Å². The molecule has 1 aliphatic heterocycles. The number of likely N-dealkylation sites (tertiary alicyclic amines) is 1. The van der Waals surface area contributed by atoms with Crippen LogP contribution in [0.3, 0.4) is 0 Å². The van der Waals surface area contributed by atoms with Gasteiger partial charge < -0.3 is 15.2 Å². The molecule has 12 heteroatoms. The van der Waals surface area contributed by atoms with Crippen molar-refractivity contribution in [2.75, 3.05) is 33.4 Å². The van der Waals surface area contributed by atoms with E-state index >= 15 is 0 Å². The van der Waals surface area contributed by atoms with Crippen LogP contribution in [0.1, 0.15) is 18.0 Å². The number of benzene rings is 1. The molecule has 8 nitrogen and oxygen atoms in total. The number of halogens is 4. The van der Waals surface area contributed by atoms with Crippen molar-refractivity contribution in [1.29, 1.82) is 0 Å². The zero-order valence-electron chi connectivity index (χ0n) is 19.4. The molecule has 3 aromatic heterocycles. The molecule has 1 aliphatic rings. The van der Waals surface area contributed by atoms with Gasteiger partial charge in [-0.3, -0.25) is 9.30 Å². The lowest BCUT2D eigenvalue weighted by Crippen LogP contribution is -2.38. The highest BCUT2D eigenvalue weighted by atomic mass is 35.5. The summed E-state index contributed by atoms with van der Waals surface area (Å²) in [6.07, 6.45) is -2.53. The van der Waals surface area contributed by atoms with E-state index in [1.54, 1.807) is 19.2 Å². The van der Waals surface area contributed by atoms with Crippen LogP contribution in [0.2, 0.25) is 5.02 Å². The molecule has 0 spiro atoms. The quantitative estimate of drug-likeness (QED) is 0.364. The molecule has 190 valence electrons. The summed E-state index contributed by atoms with van der Waals surface area (Å²) in [5, 5.41) is 9.43. The fraction of sp³-hybridized carbons (Fsp3) is 0.375. The Hall–Kier alpha value is -2.99. The number of hydrogen-bond donors (Lipinski definition) is 1. The van der Waals surface area contributed by atoms with E-state index in [0.29, 0.717) is 53.1 Å². The average molecular weight is 521 g/mol. The molecule has 2 N–H and O–H groups in total. The van der Waals surface area contributed by atoms with Crippen LogP contribution in [-0.2, 0) is 4.74 Å². The second kappa shape index (κ2) is 9.81. The Kier molecular flexibility index (Phi) is 6.73. The number of ether oxygens (including phenoxy) is 2. The molecule has 1 saturated heterocycles. The van der Waals surface area contributed by atoms with Crippen LogP contribution in [0.15, 0.2) is 42.6 Å². The number of hydrogen-bond acceptors (Lipinski definition) is 7. The van der Waals surface area contributed by atoms with Crippen molar-refractivity contribution < 1.29 is 22.6 Å². The van der Waals surface area contributed by atoms with Crippen LogP contribution in [0.5, 0.6) is 5.75 Å². The van der Waals surface area contributed by atoms with E-state index in [1.165, 1.54) is 27.6 Å². The van der Waals surface area contributed by atoms with E-state index in [-0.39, 0.29) is 24.7 Å². The van der Waals surface area contributed by atoms with E-state index in [9.17, 15) is 13.2 Å². The molecule has 2 atom stereocenters. The molecule has 4 heterocycles. The molecule has 0 aliphatic carbocycles. The van der Waals surface area contributed by atoms with Gasteiger partial charge in [0.15, 0.2) is 11.5 Å². The third-order valence-electron chi connectivity index (χ3n) is 6.21. The summed E-state index contributed by atoms with van der Waals surface area (Å²) in [5.74, 6) is 0.755. The minimum Gasteiger partial charge on any atom is -0.490 e. The fourth-order valence-corrected chi connectivity index (χ4v) is 4.78. The number of pyridine rings is 2. The Morgan fingerprint density at radius 3 is 2.67 bits per heavy atom. The van der Waals surface area contributed by atoms with Gasteiger partial charge in [-0.1, -0.05) is 23.7 Å². The van der Waals surface area contributed by atoms with Crippen molar-refractivity contribution in [3.8, 4) is 17.3 Å². The number of nitrogens with two attached hydrogens (primary N) is 1. The third kappa shape index (κ3) is 4.71. The third-order valence-corrected chi connectivity index (χ3v) is 6.58. The van der Waals surface area contributed by atoms with Gasteiger partial charge in [0.1, 0.15) is 29.1 Å². The highest BCUT2D eigenvalue weighted by molar-refractivity contribution is 6.36. The lowest BCUT2D eigenvalue weighted by atomic mass is 10.1. The maximum absolute atomic E-state index is 14.1. The minimum absolute atomic E-state index is 0.0813. The second-order valence-corrected chi connectivity index (χ2v) is 9.07. The van der Waals surface area contributed by atoms with Crippen molar-refractivity contribution in [3.63, 3.8) is 0 Å². The molecule has 1 aromatic carbocycles. The zero-order valence-corrected chi connectivity index (χ0v) is 20.1. The Morgan fingerprint density at radius 2 is 1.94 bits per heavy atom. The van der Waals surface area contributed by atoms with Crippen molar-refractivity contribution in [2.24, 2.45) is 5.73 Å². The number of rotatable bonds is 7. The van der Waals surface area contributed by atoms with E-state index in [2.05, 4.69) is 15.2 Å². The standard InChI is InChI=1S/C24H24ClF3N6O2/c1-35-10-11-36-18-6-3-14-2-5-17(30-21(14)20(18)25)23-32-31-19-7-4-15(12-34(19)23)22(24(26,27)28)33-9-8-16(29)13-33/h2-7,12,16,22H,8-11,13,29H2,1H3. The number of alkyl halides is 3. The highest BCUT2D eigenvalue weighted by Gasteiger charge is 2.46. The Bertz CT molecular complexity index is 1400. The average Bonchev–Trinajstić information content (AvgIpc) is 3.46. The number of fused-ring (bicyclic) bond motifs is 2. The van der Waals surface area contributed by atoms with Crippen LogP contribution in [-0.4, -0.2) is 70.1 Å². The Morgan fingerprint density at radius 1 is 1.14 bits per heavy atom. The fourth-order valence-electron chi connectivity index (χ4n) is 4.51. The topological polar surface area (TPSA) is 90.8 Å². The SMILES string of the molecule is COCCOc1ccc2ccc(-c3nnc4ccc(C(N5CCC(N)C5)C(F)(F)F)cn34)nc2c1Cl. The van der Waals surface area contributed by atoms with Gasteiger partial charge in [-0.2, -0.15) is 13.2 Å². The van der Waals surface area contributed by atoms with E-state index in [1.807, 2.05) is 12.1 Å². The molecule has 2 unspecified atom stereocenters. The molecule has 4 aromatic rings. The first-order valence-corrected chi connectivity index (χ1v) is 11.8. The monoisotopic (exact) mass is 520 g/mol. The summed E-state index contributed by atoms with van der Waals surface area (Å²) in [6, 6.07) is 8.03. The van der Waals surface area contributed by atoms with Crippen LogP contribution < -0.4 is 10.5 Å². The van der Waals surface area contributed by atoms with Gasteiger partial charge in [-0.25, -0.2) is 4.98 Å². The lowest BCUT2D eigenvalue weighted by Gasteiger charge is -2.30. The molecule has 1 fully saturated rings. The molecular formula is C24H24ClF3N6O2.